The van der Waals surface area contributed by atoms with Gasteiger partial charge in [-0.15, -0.1) is 10.2 Å². The summed E-state index contributed by atoms with van der Waals surface area (Å²) in [7, 11) is 1.58. The van der Waals surface area contributed by atoms with Crippen LogP contribution in [0.1, 0.15) is 27.3 Å². The monoisotopic (exact) mass is 324 g/mol. The summed E-state index contributed by atoms with van der Waals surface area (Å²) in [5.74, 6) is 1.47. The van der Waals surface area contributed by atoms with Gasteiger partial charge in [-0.3, -0.25) is 4.79 Å². The summed E-state index contributed by atoms with van der Waals surface area (Å²) in [5, 5.41) is 13.5. The highest BCUT2D eigenvalue weighted by Crippen LogP contribution is 2.25. The molecule has 3 aromatic rings. The Hall–Kier alpha value is -3.22. The summed E-state index contributed by atoms with van der Waals surface area (Å²) in [4.78, 5) is 12.8. The van der Waals surface area contributed by atoms with Gasteiger partial charge in [0, 0.05) is 5.56 Å². The summed E-state index contributed by atoms with van der Waals surface area (Å²) in [6.07, 6.45) is 0. The summed E-state index contributed by atoms with van der Waals surface area (Å²) in [6, 6.07) is 12.4. The molecule has 122 valence electrons. The Kier molecular flexibility index (Phi) is 4.51. The zero-order valence-corrected chi connectivity index (χ0v) is 13.3. The Bertz CT molecular complexity index is 830. The Morgan fingerprint density at radius 3 is 2.62 bits per heavy atom. The first-order chi connectivity index (χ1) is 11.7. The second-order valence-corrected chi connectivity index (χ2v) is 5.17. The molecule has 0 unspecified atom stereocenters. The molecule has 0 aliphatic heterocycles. The predicted octanol–water partition coefficient (Wildman–Crippen LogP) is 2.33. The highest BCUT2D eigenvalue weighted by Gasteiger charge is 2.16. The number of aryl methyl sites for hydroxylation is 1. The third-order valence-electron chi connectivity index (χ3n) is 3.48. The van der Waals surface area contributed by atoms with Crippen molar-refractivity contribution in [2.45, 2.75) is 13.5 Å². The number of carbonyl (C=O) groups excluding carboxylic acids is 1. The summed E-state index contributed by atoms with van der Waals surface area (Å²) < 4.78 is 10.8. The maximum absolute atomic E-state index is 12.8. The second kappa shape index (κ2) is 6.91. The molecule has 24 heavy (non-hydrogen) atoms. The van der Waals surface area contributed by atoms with Gasteiger partial charge in [0.15, 0.2) is 12.4 Å². The highest BCUT2D eigenvalue weighted by molar-refractivity contribution is 6.10. The normalized spacial score (nSPS) is 10.4. The number of rotatable bonds is 6. The van der Waals surface area contributed by atoms with Crippen LogP contribution >= 0.6 is 0 Å². The van der Waals surface area contributed by atoms with Crippen molar-refractivity contribution in [3.63, 3.8) is 0 Å². The van der Waals surface area contributed by atoms with Crippen LogP contribution in [0.2, 0.25) is 0 Å². The van der Waals surface area contributed by atoms with Crippen molar-refractivity contribution in [3.05, 3.63) is 65.0 Å². The molecule has 0 aliphatic rings. The van der Waals surface area contributed by atoms with Gasteiger partial charge in [0.1, 0.15) is 11.5 Å². The number of hydrogen-bond acceptors (Lipinski definition) is 6. The minimum absolute atomic E-state index is 0.121. The number of H-pyrrole nitrogens is 1. The predicted molar refractivity (Wildman–Crippen MR) is 86.1 cm³/mol. The Labute approximate surface area is 138 Å². The molecule has 0 saturated carbocycles. The number of methoxy groups -OCH3 is 1. The molecule has 7 heteroatoms. The standard InChI is InChI=1S/C17H16N4O3/c1-11-3-8-15(24-10-16-18-20-21-19-16)14(9-11)17(22)12-4-6-13(23-2)7-5-12/h3-9H,10H2,1-2H3,(H,18,19,20,21). The zero-order valence-electron chi connectivity index (χ0n) is 13.3. The number of ketones is 1. The number of aromatic nitrogens is 4. The first-order valence-corrected chi connectivity index (χ1v) is 7.32. The van der Waals surface area contributed by atoms with Crippen molar-refractivity contribution in [1.29, 1.82) is 0 Å². The number of hydrogen-bond donors (Lipinski definition) is 1. The van der Waals surface area contributed by atoms with Gasteiger partial charge in [-0.05, 0) is 43.3 Å². The van der Waals surface area contributed by atoms with Gasteiger partial charge >= 0.3 is 0 Å². The maximum atomic E-state index is 12.8. The molecular weight excluding hydrogens is 308 g/mol. The number of aromatic amines is 1. The lowest BCUT2D eigenvalue weighted by atomic mass is 10.0. The van der Waals surface area contributed by atoms with Crippen LogP contribution in [-0.2, 0) is 6.61 Å². The molecule has 1 heterocycles. The lowest BCUT2D eigenvalue weighted by Crippen LogP contribution is -2.07. The van der Waals surface area contributed by atoms with Crippen LogP contribution < -0.4 is 9.47 Å². The summed E-state index contributed by atoms with van der Waals surface area (Å²) in [6.45, 7) is 2.05. The molecule has 2 aromatic carbocycles. The third kappa shape index (κ3) is 3.40. The molecule has 0 bridgehead atoms. The molecule has 7 nitrogen and oxygen atoms in total. The number of ether oxygens (including phenoxy) is 2. The van der Waals surface area contributed by atoms with Crippen molar-refractivity contribution < 1.29 is 14.3 Å². The molecule has 1 N–H and O–H groups in total. The molecule has 0 spiro atoms. The van der Waals surface area contributed by atoms with E-state index in [4.69, 9.17) is 9.47 Å². The quantitative estimate of drug-likeness (QED) is 0.700. The fraction of sp³-hybridized carbons (Fsp3) is 0.176. The lowest BCUT2D eigenvalue weighted by Gasteiger charge is -2.11. The number of nitrogens with one attached hydrogen (secondary N) is 1. The largest absolute Gasteiger partial charge is 0.497 e. The zero-order chi connectivity index (χ0) is 16.9. The van der Waals surface area contributed by atoms with Crippen molar-refractivity contribution >= 4 is 5.78 Å². The minimum atomic E-state index is -0.121. The van der Waals surface area contributed by atoms with E-state index in [0.717, 1.165) is 5.56 Å². The SMILES string of the molecule is COc1ccc(C(=O)c2cc(C)ccc2OCc2nn[nH]n2)cc1. The van der Waals surface area contributed by atoms with Crippen LogP contribution in [0, 0.1) is 6.92 Å². The van der Waals surface area contributed by atoms with Crippen molar-refractivity contribution in [3.8, 4) is 11.5 Å². The second-order valence-electron chi connectivity index (χ2n) is 5.17. The molecule has 0 aliphatic carbocycles. The molecule has 0 atom stereocenters. The summed E-state index contributed by atoms with van der Waals surface area (Å²) >= 11 is 0. The van der Waals surface area contributed by atoms with Gasteiger partial charge in [-0.1, -0.05) is 16.8 Å². The van der Waals surface area contributed by atoms with Crippen molar-refractivity contribution in [1.82, 2.24) is 20.6 Å². The molecule has 0 amide bonds. The van der Waals surface area contributed by atoms with Crippen molar-refractivity contribution in [2.75, 3.05) is 7.11 Å². The van der Waals surface area contributed by atoms with Gasteiger partial charge in [0.05, 0.1) is 12.7 Å². The van der Waals surface area contributed by atoms with E-state index in [1.54, 1.807) is 43.5 Å². The van der Waals surface area contributed by atoms with E-state index >= 15 is 0 Å². The van der Waals surface area contributed by atoms with Crippen LogP contribution in [0.3, 0.4) is 0 Å². The first-order valence-electron chi connectivity index (χ1n) is 7.32. The van der Waals surface area contributed by atoms with E-state index in [1.807, 2.05) is 13.0 Å². The van der Waals surface area contributed by atoms with Gasteiger partial charge in [-0.2, -0.15) is 5.21 Å². The fourth-order valence-electron chi connectivity index (χ4n) is 2.23. The lowest BCUT2D eigenvalue weighted by molar-refractivity contribution is 0.103. The number of tetrazole rings is 1. The van der Waals surface area contributed by atoms with Crippen LogP contribution in [0.25, 0.3) is 0 Å². The number of benzene rings is 2. The van der Waals surface area contributed by atoms with E-state index in [1.165, 1.54) is 0 Å². The van der Waals surface area contributed by atoms with Crippen LogP contribution in [0.15, 0.2) is 42.5 Å². The molecule has 0 radical (unpaired) electrons. The Morgan fingerprint density at radius 2 is 1.96 bits per heavy atom. The van der Waals surface area contributed by atoms with E-state index in [2.05, 4.69) is 20.6 Å². The van der Waals surface area contributed by atoms with E-state index in [0.29, 0.717) is 28.5 Å². The van der Waals surface area contributed by atoms with Gasteiger partial charge in [-0.25, -0.2) is 0 Å². The Balaban J connectivity index is 1.87. The third-order valence-corrected chi connectivity index (χ3v) is 3.48. The van der Waals surface area contributed by atoms with Crippen LogP contribution in [0.5, 0.6) is 11.5 Å². The molecular formula is C17H16N4O3. The van der Waals surface area contributed by atoms with Crippen LogP contribution in [-0.4, -0.2) is 33.5 Å². The average Bonchev–Trinajstić information content (AvgIpc) is 3.13. The van der Waals surface area contributed by atoms with E-state index < -0.39 is 0 Å². The summed E-state index contributed by atoms with van der Waals surface area (Å²) in [5.41, 5.74) is 2.02. The number of nitrogens with zero attached hydrogens (tertiary/aromatic N) is 3. The highest BCUT2D eigenvalue weighted by atomic mass is 16.5. The topological polar surface area (TPSA) is 90.0 Å². The Morgan fingerprint density at radius 1 is 1.17 bits per heavy atom. The number of carbonyl (C=O) groups is 1. The molecule has 0 saturated heterocycles. The minimum Gasteiger partial charge on any atom is -0.497 e. The smallest absolute Gasteiger partial charge is 0.211 e. The van der Waals surface area contributed by atoms with E-state index in [9.17, 15) is 4.79 Å². The van der Waals surface area contributed by atoms with Crippen LogP contribution in [0.4, 0.5) is 0 Å². The molecule has 3 rings (SSSR count). The molecule has 0 fully saturated rings. The van der Waals surface area contributed by atoms with Crippen molar-refractivity contribution in [2.24, 2.45) is 0 Å². The van der Waals surface area contributed by atoms with Gasteiger partial charge in [0.2, 0.25) is 5.82 Å². The maximum Gasteiger partial charge on any atom is 0.211 e. The molecule has 1 aromatic heterocycles. The fourth-order valence-corrected chi connectivity index (χ4v) is 2.23. The van der Waals surface area contributed by atoms with Gasteiger partial charge < -0.3 is 9.47 Å². The van der Waals surface area contributed by atoms with Gasteiger partial charge in [0.25, 0.3) is 0 Å². The average molecular weight is 324 g/mol. The first kappa shape index (κ1) is 15.7. The van der Waals surface area contributed by atoms with E-state index in [-0.39, 0.29) is 12.4 Å².